The van der Waals surface area contributed by atoms with Crippen LogP contribution in [0.1, 0.15) is 6.42 Å². The largest absolute Gasteiger partial charge is 0.337 e. The van der Waals surface area contributed by atoms with Gasteiger partial charge in [0.15, 0.2) is 0 Å². The van der Waals surface area contributed by atoms with Gasteiger partial charge >= 0.3 is 0 Å². The highest BCUT2D eigenvalue weighted by Gasteiger charge is 2.06. The molecule has 1 aromatic heterocycles. The smallest absolute Gasteiger partial charge is 0.247 e. The van der Waals surface area contributed by atoms with Gasteiger partial charge in [-0.15, -0.1) is 0 Å². The van der Waals surface area contributed by atoms with Gasteiger partial charge in [0.25, 0.3) is 0 Å². The van der Waals surface area contributed by atoms with Crippen LogP contribution in [0.3, 0.4) is 0 Å². The van der Waals surface area contributed by atoms with Crippen LogP contribution >= 0.6 is 0 Å². The monoisotopic (exact) mass is 183 g/mol. The molecule has 1 rings (SSSR count). The van der Waals surface area contributed by atoms with Crippen LogP contribution in [0.5, 0.6) is 0 Å². The molecule has 0 unspecified atom stereocenters. The Kier molecular flexibility index (Phi) is 3.45. The van der Waals surface area contributed by atoms with E-state index >= 15 is 0 Å². The summed E-state index contributed by atoms with van der Waals surface area (Å²) in [4.78, 5) is 19.8. The van der Waals surface area contributed by atoms with Crippen LogP contribution < -0.4 is 0 Å². The summed E-state index contributed by atoms with van der Waals surface area (Å²) in [6.07, 6.45) is 5.60. The summed E-state index contributed by atoms with van der Waals surface area (Å²) in [5.41, 5.74) is 0. The number of carbonyl (C=O) groups excluding carboxylic acids is 1. The van der Waals surface area contributed by atoms with Crippen molar-refractivity contribution in [3.63, 3.8) is 0 Å². The van der Waals surface area contributed by atoms with E-state index in [1.807, 2.05) is 10.8 Å². The molecule has 13 heavy (non-hydrogen) atoms. The van der Waals surface area contributed by atoms with Crippen LogP contribution in [0.25, 0.3) is 0 Å². The molecule has 0 fully saturated rings. The summed E-state index contributed by atoms with van der Waals surface area (Å²) >= 11 is 0. The van der Waals surface area contributed by atoms with Gasteiger partial charge in [-0.3, -0.25) is 9.63 Å². The van der Waals surface area contributed by atoms with E-state index in [-0.39, 0.29) is 5.91 Å². The summed E-state index contributed by atoms with van der Waals surface area (Å²) in [7, 11) is 3.06. The van der Waals surface area contributed by atoms with Crippen molar-refractivity contribution in [1.29, 1.82) is 0 Å². The van der Waals surface area contributed by atoms with Crippen LogP contribution in [-0.2, 0) is 16.2 Å². The number of rotatable bonds is 4. The highest BCUT2D eigenvalue weighted by Crippen LogP contribution is 1.95. The minimum absolute atomic E-state index is 0.0452. The molecule has 0 N–H and O–H groups in total. The molecule has 1 aromatic rings. The zero-order valence-electron chi connectivity index (χ0n) is 7.80. The molecule has 0 bridgehead atoms. The Morgan fingerprint density at radius 2 is 2.46 bits per heavy atom. The van der Waals surface area contributed by atoms with E-state index in [2.05, 4.69) is 4.98 Å². The van der Waals surface area contributed by atoms with Crippen LogP contribution in [0.15, 0.2) is 18.7 Å². The second kappa shape index (κ2) is 4.61. The fourth-order valence-electron chi connectivity index (χ4n) is 0.903. The number of hydroxylamine groups is 2. The van der Waals surface area contributed by atoms with Gasteiger partial charge < -0.3 is 4.57 Å². The fourth-order valence-corrected chi connectivity index (χ4v) is 0.903. The predicted octanol–water partition coefficient (Wildman–Crippen LogP) is 0.293. The Morgan fingerprint density at radius 3 is 3.00 bits per heavy atom. The summed E-state index contributed by atoms with van der Waals surface area (Å²) in [6.45, 7) is 0.631. The first-order valence-electron chi connectivity index (χ1n) is 4.00. The summed E-state index contributed by atoms with van der Waals surface area (Å²) in [5.74, 6) is -0.0452. The third kappa shape index (κ3) is 2.87. The van der Waals surface area contributed by atoms with E-state index in [4.69, 9.17) is 4.84 Å². The minimum Gasteiger partial charge on any atom is -0.337 e. The third-order valence-corrected chi connectivity index (χ3v) is 1.77. The molecule has 0 spiro atoms. The van der Waals surface area contributed by atoms with Crippen molar-refractivity contribution in [2.24, 2.45) is 0 Å². The molecular formula is C8H13N3O2. The first-order valence-corrected chi connectivity index (χ1v) is 4.00. The standard InChI is InChI=1S/C8H13N3O2/c1-10(13-2)8(12)3-5-11-6-4-9-7-11/h4,6-7H,3,5H2,1-2H3. The third-order valence-electron chi connectivity index (χ3n) is 1.77. The number of aromatic nitrogens is 2. The molecule has 0 aromatic carbocycles. The van der Waals surface area contributed by atoms with Crippen molar-refractivity contribution < 1.29 is 9.63 Å². The maximum Gasteiger partial charge on any atom is 0.247 e. The van der Waals surface area contributed by atoms with Crippen LogP contribution in [0.2, 0.25) is 0 Å². The Bertz CT molecular complexity index is 258. The summed E-state index contributed by atoms with van der Waals surface area (Å²) in [6, 6.07) is 0. The lowest BCUT2D eigenvalue weighted by Gasteiger charge is -2.13. The van der Waals surface area contributed by atoms with Crippen LogP contribution in [0, 0.1) is 0 Å². The molecule has 1 amide bonds. The van der Waals surface area contributed by atoms with Gasteiger partial charge in [0.1, 0.15) is 0 Å². The first kappa shape index (κ1) is 9.73. The molecular weight excluding hydrogens is 170 g/mol. The molecule has 0 aliphatic rings. The minimum atomic E-state index is -0.0452. The second-order valence-electron chi connectivity index (χ2n) is 2.62. The molecule has 0 saturated carbocycles. The van der Waals surface area contributed by atoms with Gasteiger partial charge in [-0.05, 0) is 0 Å². The maximum atomic E-state index is 11.2. The van der Waals surface area contributed by atoms with E-state index in [9.17, 15) is 4.79 Å². The van der Waals surface area contributed by atoms with E-state index < -0.39 is 0 Å². The van der Waals surface area contributed by atoms with Gasteiger partial charge in [-0.1, -0.05) is 0 Å². The van der Waals surface area contributed by atoms with E-state index in [1.54, 1.807) is 19.6 Å². The van der Waals surface area contributed by atoms with E-state index in [0.29, 0.717) is 13.0 Å². The van der Waals surface area contributed by atoms with Crippen molar-refractivity contribution >= 4 is 5.91 Å². The van der Waals surface area contributed by atoms with E-state index in [0.717, 1.165) is 0 Å². The van der Waals surface area contributed by atoms with Crippen molar-refractivity contribution in [2.45, 2.75) is 13.0 Å². The van der Waals surface area contributed by atoms with Gasteiger partial charge in [0, 0.05) is 32.4 Å². The quantitative estimate of drug-likeness (QED) is 0.630. The van der Waals surface area contributed by atoms with Crippen molar-refractivity contribution in [1.82, 2.24) is 14.6 Å². The summed E-state index contributed by atoms with van der Waals surface area (Å²) < 4.78 is 1.85. The molecule has 72 valence electrons. The lowest BCUT2D eigenvalue weighted by Crippen LogP contribution is -2.26. The number of nitrogens with zero attached hydrogens (tertiary/aromatic N) is 3. The lowest BCUT2D eigenvalue weighted by atomic mass is 10.4. The molecule has 0 aliphatic carbocycles. The van der Waals surface area contributed by atoms with E-state index in [1.165, 1.54) is 12.2 Å². The van der Waals surface area contributed by atoms with Crippen LogP contribution in [0.4, 0.5) is 0 Å². The molecule has 0 radical (unpaired) electrons. The highest BCUT2D eigenvalue weighted by atomic mass is 16.7. The maximum absolute atomic E-state index is 11.2. The average Bonchev–Trinajstić information content (AvgIpc) is 2.65. The molecule has 1 heterocycles. The molecule has 5 heteroatoms. The number of imidazole rings is 1. The molecule has 5 nitrogen and oxygen atoms in total. The van der Waals surface area contributed by atoms with Gasteiger partial charge in [-0.2, -0.15) is 0 Å². The molecule has 0 atom stereocenters. The summed E-state index contributed by atoms with van der Waals surface area (Å²) in [5, 5.41) is 1.22. The highest BCUT2D eigenvalue weighted by molar-refractivity contribution is 5.74. The van der Waals surface area contributed by atoms with Gasteiger partial charge in [0.05, 0.1) is 13.4 Å². The Labute approximate surface area is 76.9 Å². The lowest BCUT2D eigenvalue weighted by molar-refractivity contribution is -0.168. The van der Waals surface area contributed by atoms with Gasteiger partial charge in [-0.25, -0.2) is 10.0 Å². The fraction of sp³-hybridized carbons (Fsp3) is 0.500. The number of hydrogen-bond acceptors (Lipinski definition) is 3. The average molecular weight is 183 g/mol. The predicted molar refractivity (Wildman–Crippen MR) is 46.6 cm³/mol. The SMILES string of the molecule is CON(C)C(=O)CCn1ccnc1. The number of hydrogen-bond donors (Lipinski definition) is 0. The Balaban J connectivity index is 2.31. The number of carbonyl (C=O) groups is 1. The molecule has 0 saturated heterocycles. The second-order valence-corrected chi connectivity index (χ2v) is 2.62. The number of aryl methyl sites for hydroxylation is 1. The molecule has 0 aliphatic heterocycles. The normalized spacial score (nSPS) is 10.0. The van der Waals surface area contributed by atoms with Gasteiger partial charge in [0.2, 0.25) is 5.91 Å². The Hall–Kier alpha value is -1.36. The number of amides is 1. The zero-order chi connectivity index (χ0) is 9.68. The van der Waals surface area contributed by atoms with Crippen molar-refractivity contribution in [3.05, 3.63) is 18.7 Å². The van der Waals surface area contributed by atoms with Crippen LogP contribution in [-0.4, -0.2) is 34.7 Å². The topological polar surface area (TPSA) is 47.4 Å². The van der Waals surface area contributed by atoms with Crippen molar-refractivity contribution in [2.75, 3.05) is 14.2 Å². The van der Waals surface area contributed by atoms with Crippen molar-refractivity contribution in [3.8, 4) is 0 Å². The first-order chi connectivity index (χ1) is 6.24. The zero-order valence-corrected chi connectivity index (χ0v) is 7.80. The Morgan fingerprint density at radius 1 is 1.69 bits per heavy atom.